The summed E-state index contributed by atoms with van der Waals surface area (Å²) >= 11 is 0. The molecule has 36 heavy (non-hydrogen) atoms. The van der Waals surface area contributed by atoms with Crippen LogP contribution in [0.1, 0.15) is 24.1 Å². The number of nitrogens with zero attached hydrogens (tertiary/aromatic N) is 2. The van der Waals surface area contributed by atoms with Crippen molar-refractivity contribution in [2.24, 2.45) is 0 Å². The van der Waals surface area contributed by atoms with E-state index in [2.05, 4.69) is 10.6 Å². The van der Waals surface area contributed by atoms with E-state index in [0.717, 1.165) is 22.4 Å². The molecule has 4 rings (SSSR count). The lowest BCUT2D eigenvalue weighted by Crippen LogP contribution is -2.51. The Balaban J connectivity index is 1.24. The highest BCUT2D eigenvalue weighted by Gasteiger charge is 2.33. The second-order valence-corrected chi connectivity index (χ2v) is 9.00. The number of anilines is 1. The minimum atomic E-state index is -4.54. The highest BCUT2D eigenvalue weighted by atomic mass is 19.4. The van der Waals surface area contributed by atoms with Gasteiger partial charge in [0.05, 0.1) is 30.4 Å². The Morgan fingerprint density at radius 1 is 0.833 bits per heavy atom. The molecule has 2 N–H and O–H groups in total. The van der Waals surface area contributed by atoms with Gasteiger partial charge in [-0.15, -0.1) is 0 Å². The van der Waals surface area contributed by atoms with Gasteiger partial charge < -0.3 is 10.6 Å². The van der Waals surface area contributed by atoms with E-state index in [9.17, 15) is 22.8 Å². The summed E-state index contributed by atoms with van der Waals surface area (Å²) in [5.41, 5.74) is -0.0538. The van der Waals surface area contributed by atoms with E-state index < -0.39 is 17.6 Å². The fraction of sp³-hybridized carbons (Fsp3) is 0.333. The highest BCUT2D eigenvalue weighted by molar-refractivity contribution is 5.93. The van der Waals surface area contributed by atoms with Crippen LogP contribution in [0.3, 0.4) is 0 Å². The van der Waals surface area contributed by atoms with Gasteiger partial charge in [0.1, 0.15) is 0 Å². The van der Waals surface area contributed by atoms with Crippen LogP contribution in [-0.4, -0.2) is 60.9 Å². The molecule has 0 saturated carbocycles. The Labute approximate surface area is 208 Å². The maximum Gasteiger partial charge on any atom is 0.418 e. The van der Waals surface area contributed by atoms with Crippen molar-refractivity contribution in [1.29, 1.82) is 0 Å². The van der Waals surface area contributed by atoms with Crippen LogP contribution in [0, 0.1) is 0 Å². The summed E-state index contributed by atoms with van der Waals surface area (Å²) in [4.78, 5) is 28.9. The number of para-hydroxylation sites is 1. The predicted molar refractivity (Wildman–Crippen MR) is 133 cm³/mol. The predicted octanol–water partition coefficient (Wildman–Crippen LogP) is 4.29. The van der Waals surface area contributed by atoms with E-state index in [0.29, 0.717) is 26.2 Å². The molecule has 0 bridgehead atoms. The Morgan fingerprint density at radius 2 is 1.42 bits per heavy atom. The van der Waals surface area contributed by atoms with Crippen molar-refractivity contribution in [1.82, 2.24) is 15.1 Å². The molecule has 1 heterocycles. The van der Waals surface area contributed by atoms with E-state index in [1.54, 1.807) is 0 Å². The zero-order valence-electron chi connectivity index (χ0n) is 20.0. The molecule has 190 valence electrons. The molecule has 0 aromatic heterocycles. The first-order valence-corrected chi connectivity index (χ1v) is 11.9. The summed E-state index contributed by atoms with van der Waals surface area (Å²) < 4.78 is 39.4. The second-order valence-electron chi connectivity index (χ2n) is 9.00. The smallest absolute Gasteiger partial charge is 0.348 e. The topological polar surface area (TPSA) is 64.7 Å². The third-order valence-electron chi connectivity index (χ3n) is 6.37. The van der Waals surface area contributed by atoms with E-state index >= 15 is 0 Å². The Morgan fingerprint density at radius 3 is 2.11 bits per heavy atom. The molecule has 2 amide bonds. The normalized spacial score (nSPS) is 16.0. The van der Waals surface area contributed by atoms with Crippen molar-refractivity contribution in [2.75, 3.05) is 44.6 Å². The number of carbonyl (C=O) groups is 2. The molecule has 0 aliphatic carbocycles. The molecule has 3 aromatic rings. The molecule has 1 aliphatic heterocycles. The average molecular weight is 499 g/mol. The van der Waals surface area contributed by atoms with Crippen LogP contribution in [0.4, 0.5) is 18.9 Å². The van der Waals surface area contributed by atoms with E-state index in [1.807, 2.05) is 59.2 Å². The van der Waals surface area contributed by atoms with E-state index in [-0.39, 0.29) is 30.7 Å². The molecule has 0 spiro atoms. The van der Waals surface area contributed by atoms with Crippen molar-refractivity contribution in [3.8, 4) is 0 Å². The minimum Gasteiger partial charge on any atom is -0.348 e. The number of piperazine rings is 1. The van der Waals surface area contributed by atoms with Gasteiger partial charge in [0, 0.05) is 26.2 Å². The van der Waals surface area contributed by atoms with Crippen LogP contribution >= 0.6 is 0 Å². The van der Waals surface area contributed by atoms with E-state index in [1.165, 1.54) is 18.2 Å². The van der Waals surface area contributed by atoms with Crippen molar-refractivity contribution in [2.45, 2.75) is 19.1 Å². The Kier molecular flexibility index (Phi) is 7.91. The maximum atomic E-state index is 13.1. The van der Waals surface area contributed by atoms with Crippen molar-refractivity contribution < 1.29 is 22.8 Å². The molecule has 1 aliphatic rings. The van der Waals surface area contributed by atoms with Crippen LogP contribution in [0.15, 0.2) is 66.7 Å². The molecule has 3 aromatic carbocycles. The quantitative estimate of drug-likeness (QED) is 0.510. The van der Waals surface area contributed by atoms with Gasteiger partial charge in [0.25, 0.3) is 0 Å². The average Bonchev–Trinajstić information content (AvgIpc) is 2.84. The number of halogens is 3. The van der Waals surface area contributed by atoms with Gasteiger partial charge in [-0.25, -0.2) is 0 Å². The van der Waals surface area contributed by atoms with Gasteiger partial charge in [-0.3, -0.25) is 19.4 Å². The summed E-state index contributed by atoms with van der Waals surface area (Å²) in [5.74, 6) is -0.577. The lowest BCUT2D eigenvalue weighted by Gasteiger charge is -2.34. The molecule has 1 saturated heterocycles. The second kappa shape index (κ2) is 11.1. The van der Waals surface area contributed by atoms with Crippen molar-refractivity contribution >= 4 is 28.3 Å². The lowest BCUT2D eigenvalue weighted by atomic mass is 10.00. The number of hydrogen-bond acceptors (Lipinski definition) is 4. The maximum absolute atomic E-state index is 13.1. The molecule has 9 heteroatoms. The lowest BCUT2D eigenvalue weighted by molar-refractivity contribution is -0.137. The summed E-state index contributed by atoms with van der Waals surface area (Å²) in [6.45, 7) is 4.46. The van der Waals surface area contributed by atoms with Crippen LogP contribution in [0.2, 0.25) is 0 Å². The monoisotopic (exact) mass is 498 g/mol. The first-order valence-electron chi connectivity index (χ1n) is 11.9. The molecular weight excluding hydrogens is 469 g/mol. The summed E-state index contributed by atoms with van der Waals surface area (Å²) in [6.07, 6.45) is -4.54. The zero-order valence-corrected chi connectivity index (χ0v) is 20.0. The number of amides is 2. The van der Waals surface area contributed by atoms with Gasteiger partial charge in [0.15, 0.2) is 0 Å². The summed E-state index contributed by atoms with van der Waals surface area (Å²) in [7, 11) is 0. The molecule has 1 atom stereocenters. The number of alkyl halides is 3. The summed E-state index contributed by atoms with van der Waals surface area (Å²) in [6, 6.07) is 18.9. The van der Waals surface area contributed by atoms with Gasteiger partial charge in [0.2, 0.25) is 11.8 Å². The van der Waals surface area contributed by atoms with Crippen LogP contribution in [-0.2, 0) is 15.8 Å². The highest BCUT2D eigenvalue weighted by Crippen LogP contribution is 2.34. The fourth-order valence-electron chi connectivity index (χ4n) is 4.53. The molecular formula is C27H29F3N4O2. The summed E-state index contributed by atoms with van der Waals surface area (Å²) in [5, 5.41) is 7.68. The first-order chi connectivity index (χ1) is 17.2. The van der Waals surface area contributed by atoms with Crippen molar-refractivity contribution in [3.05, 3.63) is 77.9 Å². The zero-order chi connectivity index (χ0) is 25.7. The number of carbonyl (C=O) groups excluding carboxylic acids is 2. The van der Waals surface area contributed by atoms with Crippen molar-refractivity contribution in [3.63, 3.8) is 0 Å². The van der Waals surface area contributed by atoms with Crippen LogP contribution in [0.25, 0.3) is 10.8 Å². The van der Waals surface area contributed by atoms with Gasteiger partial charge in [-0.1, -0.05) is 54.6 Å². The number of benzene rings is 3. The SMILES string of the molecule is C[C@@H](NC(=O)CN1CCN(CC(=O)Nc2ccccc2C(F)(F)F)CC1)c1cccc2ccccc12. The van der Waals surface area contributed by atoms with Gasteiger partial charge in [-0.2, -0.15) is 13.2 Å². The third kappa shape index (κ3) is 6.41. The number of fused-ring (bicyclic) bond motifs is 1. The molecule has 0 unspecified atom stereocenters. The number of rotatable bonds is 7. The van der Waals surface area contributed by atoms with Crippen LogP contribution < -0.4 is 10.6 Å². The standard InChI is InChI=1S/C27H29F3N4O2/c1-19(21-10-6-8-20-7-2-3-9-22(20)21)31-25(35)17-33-13-15-34(16-14-33)18-26(36)32-24-12-5-4-11-23(24)27(28,29)30/h2-12,19H,13-18H2,1H3,(H,31,35)(H,32,36)/t19-/m1/s1. The third-order valence-corrected chi connectivity index (χ3v) is 6.37. The Bertz CT molecular complexity index is 1220. The molecule has 1 fully saturated rings. The number of hydrogen-bond donors (Lipinski definition) is 2. The van der Waals surface area contributed by atoms with Crippen LogP contribution in [0.5, 0.6) is 0 Å². The van der Waals surface area contributed by atoms with Gasteiger partial charge >= 0.3 is 6.18 Å². The Hall–Kier alpha value is -3.43. The molecule has 6 nitrogen and oxygen atoms in total. The largest absolute Gasteiger partial charge is 0.418 e. The van der Waals surface area contributed by atoms with E-state index in [4.69, 9.17) is 0 Å². The number of nitrogens with one attached hydrogen (secondary N) is 2. The molecule has 0 radical (unpaired) electrons. The minimum absolute atomic E-state index is 0.00958. The fourth-order valence-corrected chi connectivity index (χ4v) is 4.53. The first kappa shape index (κ1) is 25.7. The van der Waals surface area contributed by atoms with Gasteiger partial charge in [-0.05, 0) is 35.4 Å².